The average Bonchev–Trinajstić information content (AvgIpc) is 2.66. The van der Waals surface area contributed by atoms with Crippen LogP contribution in [0, 0.1) is 0 Å². The minimum absolute atomic E-state index is 0.301. The van der Waals surface area contributed by atoms with Gasteiger partial charge in [0.15, 0.2) is 17.3 Å². The van der Waals surface area contributed by atoms with Gasteiger partial charge in [-0.3, -0.25) is 0 Å². The molecule has 130 valence electrons. The van der Waals surface area contributed by atoms with Crippen LogP contribution in [0.1, 0.15) is 0 Å². The lowest BCUT2D eigenvalue weighted by atomic mass is 10.1. The number of fused-ring (bicyclic) bond motifs is 1. The average molecular weight is 361 g/mol. The minimum Gasteiger partial charge on any atom is -0.497 e. The Kier molecular flexibility index (Phi) is 4.81. The van der Waals surface area contributed by atoms with Gasteiger partial charge in [-0.05, 0) is 30.3 Å². The Morgan fingerprint density at radius 3 is 2.04 bits per heavy atom. The fourth-order valence-corrected chi connectivity index (χ4v) is 2.79. The molecule has 0 aliphatic rings. The van der Waals surface area contributed by atoms with Crippen molar-refractivity contribution in [3.63, 3.8) is 0 Å². The molecule has 0 spiro atoms. The third-order valence-electron chi connectivity index (χ3n) is 3.80. The van der Waals surface area contributed by atoms with Crippen LogP contribution in [0.2, 0.25) is 5.15 Å². The van der Waals surface area contributed by atoms with E-state index >= 15 is 0 Å². The maximum Gasteiger partial charge on any atom is 0.205 e. The van der Waals surface area contributed by atoms with E-state index in [0.717, 1.165) is 11.3 Å². The predicted octanol–water partition coefficient (Wildman–Crippen LogP) is 3.98. The summed E-state index contributed by atoms with van der Waals surface area (Å²) in [5, 5.41) is 0.920. The van der Waals surface area contributed by atoms with Gasteiger partial charge in [0.1, 0.15) is 16.4 Å². The highest BCUT2D eigenvalue weighted by Crippen LogP contribution is 2.44. The van der Waals surface area contributed by atoms with Crippen LogP contribution in [0.4, 0.5) is 0 Å². The maximum absolute atomic E-state index is 6.40. The van der Waals surface area contributed by atoms with Crippen molar-refractivity contribution < 1.29 is 18.9 Å². The number of hydrogen-bond acceptors (Lipinski definition) is 6. The lowest BCUT2D eigenvalue weighted by Crippen LogP contribution is -1.99. The van der Waals surface area contributed by atoms with Crippen LogP contribution in [-0.4, -0.2) is 38.4 Å². The van der Waals surface area contributed by atoms with Gasteiger partial charge in [0, 0.05) is 10.9 Å². The van der Waals surface area contributed by atoms with Crippen molar-refractivity contribution in [1.29, 1.82) is 0 Å². The second-order valence-corrected chi connectivity index (χ2v) is 5.47. The molecule has 3 rings (SSSR count). The molecule has 0 radical (unpaired) electrons. The van der Waals surface area contributed by atoms with Gasteiger partial charge < -0.3 is 18.9 Å². The number of halogens is 1. The third kappa shape index (κ3) is 3.00. The van der Waals surface area contributed by atoms with Crippen molar-refractivity contribution in [2.75, 3.05) is 28.4 Å². The first-order valence-electron chi connectivity index (χ1n) is 7.43. The van der Waals surface area contributed by atoms with Gasteiger partial charge in [-0.15, -0.1) is 0 Å². The largest absolute Gasteiger partial charge is 0.497 e. The molecule has 0 atom stereocenters. The molecule has 2 aromatic carbocycles. The zero-order valence-corrected chi connectivity index (χ0v) is 15.0. The van der Waals surface area contributed by atoms with Gasteiger partial charge in [0.2, 0.25) is 5.75 Å². The van der Waals surface area contributed by atoms with E-state index in [-0.39, 0.29) is 0 Å². The molecule has 0 N–H and O–H groups in total. The highest BCUT2D eigenvalue weighted by Gasteiger charge is 2.20. The van der Waals surface area contributed by atoms with Crippen LogP contribution >= 0.6 is 11.6 Å². The molecule has 3 aromatic rings. The molecule has 7 heteroatoms. The van der Waals surface area contributed by atoms with Gasteiger partial charge in [-0.2, -0.15) is 0 Å². The summed E-state index contributed by atoms with van der Waals surface area (Å²) < 4.78 is 21.4. The summed E-state index contributed by atoms with van der Waals surface area (Å²) in [7, 11) is 6.24. The van der Waals surface area contributed by atoms with Crippen molar-refractivity contribution >= 4 is 22.5 Å². The Morgan fingerprint density at radius 1 is 0.800 bits per heavy atom. The maximum atomic E-state index is 6.40. The van der Waals surface area contributed by atoms with Crippen LogP contribution in [0.3, 0.4) is 0 Å². The highest BCUT2D eigenvalue weighted by molar-refractivity contribution is 6.34. The summed E-state index contributed by atoms with van der Waals surface area (Å²) in [4.78, 5) is 9.01. The molecule has 6 nitrogen and oxygen atoms in total. The van der Waals surface area contributed by atoms with Gasteiger partial charge in [-0.25, -0.2) is 9.97 Å². The van der Waals surface area contributed by atoms with Gasteiger partial charge in [0.05, 0.1) is 28.4 Å². The smallest absolute Gasteiger partial charge is 0.205 e. The van der Waals surface area contributed by atoms with Gasteiger partial charge in [0.25, 0.3) is 0 Å². The molecule has 1 aromatic heterocycles. The van der Waals surface area contributed by atoms with Gasteiger partial charge in [-0.1, -0.05) is 11.6 Å². The predicted molar refractivity (Wildman–Crippen MR) is 96.2 cm³/mol. The molecule has 1 heterocycles. The summed E-state index contributed by atoms with van der Waals surface area (Å²) in [6, 6.07) is 9.13. The second-order valence-electron chi connectivity index (χ2n) is 5.11. The third-order valence-corrected chi connectivity index (χ3v) is 4.08. The van der Waals surface area contributed by atoms with Crippen LogP contribution in [0.15, 0.2) is 30.3 Å². The molecule has 0 saturated heterocycles. The molecule has 0 unspecified atom stereocenters. The lowest BCUT2D eigenvalue weighted by molar-refractivity contribution is 0.327. The molecule has 0 saturated carbocycles. The number of aromatic nitrogens is 2. The van der Waals surface area contributed by atoms with E-state index in [0.29, 0.717) is 39.1 Å². The topological polar surface area (TPSA) is 62.7 Å². The van der Waals surface area contributed by atoms with Crippen molar-refractivity contribution in [2.45, 2.75) is 0 Å². The Bertz CT molecular complexity index is 913. The number of hydrogen-bond donors (Lipinski definition) is 0. The number of ether oxygens (including phenoxy) is 4. The van der Waals surface area contributed by atoms with E-state index < -0.39 is 0 Å². The normalized spacial score (nSPS) is 10.6. The zero-order valence-electron chi connectivity index (χ0n) is 14.3. The first-order valence-corrected chi connectivity index (χ1v) is 7.81. The van der Waals surface area contributed by atoms with E-state index in [9.17, 15) is 0 Å². The van der Waals surface area contributed by atoms with Crippen molar-refractivity contribution in [1.82, 2.24) is 9.97 Å². The van der Waals surface area contributed by atoms with Crippen molar-refractivity contribution in [3.8, 4) is 34.4 Å². The molecule has 0 amide bonds. The van der Waals surface area contributed by atoms with Crippen molar-refractivity contribution in [2.24, 2.45) is 0 Å². The highest BCUT2D eigenvalue weighted by atomic mass is 35.5. The second kappa shape index (κ2) is 7.03. The quantitative estimate of drug-likeness (QED) is 0.641. The van der Waals surface area contributed by atoms with Crippen LogP contribution in [-0.2, 0) is 0 Å². The van der Waals surface area contributed by atoms with E-state index in [1.807, 2.05) is 24.3 Å². The Hall–Kier alpha value is -2.73. The molecule has 25 heavy (non-hydrogen) atoms. The molecule has 0 fully saturated rings. The first kappa shape index (κ1) is 17.1. The summed E-state index contributed by atoms with van der Waals surface area (Å²) in [5.41, 5.74) is 1.35. The van der Waals surface area contributed by atoms with Crippen LogP contribution < -0.4 is 18.9 Å². The molecular weight excluding hydrogens is 344 g/mol. The van der Waals surface area contributed by atoms with Gasteiger partial charge >= 0.3 is 0 Å². The monoisotopic (exact) mass is 360 g/mol. The fraction of sp³-hybridized carbons (Fsp3) is 0.222. The van der Waals surface area contributed by atoms with E-state index in [1.54, 1.807) is 34.5 Å². The first-order chi connectivity index (χ1) is 12.1. The minimum atomic E-state index is 0.301. The van der Waals surface area contributed by atoms with E-state index in [4.69, 9.17) is 30.5 Å². The molecule has 0 bridgehead atoms. The molecule has 0 aliphatic carbocycles. The van der Waals surface area contributed by atoms with E-state index in [1.165, 1.54) is 0 Å². The van der Waals surface area contributed by atoms with Crippen LogP contribution in [0.25, 0.3) is 22.3 Å². The Balaban J connectivity index is 2.26. The molecule has 0 aliphatic heterocycles. The summed E-state index contributed by atoms with van der Waals surface area (Å²) in [6.07, 6.45) is 0. The number of methoxy groups -OCH3 is 4. The SMILES string of the molecule is COc1ccc(-c2nc(Cl)c3cc(OC)c(OC)c(OC)c3n2)cc1. The number of nitrogens with zero attached hydrogens (tertiary/aromatic N) is 2. The summed E-state index contributed by atoms with van der Waals surface area (Å²) in [6.45, 7) is 0. The standard InChI is InChI=1S/C18H17ClN2O4/c1-22-11-7-5-10(6-8-11)18-20-14-12(17(19)21-18)9-13(23-2)15(24-3)16(14)25-4/h5-9H,1-4H3. The fourth-order valence-electron chi connectivity index (χ4n) is 2.56. The van der Waals surface area contributed by atoms with Crippen LogP contribution in [0.5, 0.6) is 23.0 Å². The number of benzene rings is 2. The zero-order chi connectivity index (χ0) is 18.0. The van der Waals surface area contributed by atoms with Crippen molar-refractivity contribution in [3.05, 3.63) is 35.5 Å². The lowest BCUT2D eigenvalue weighted by Gasteiger charge is -2.15. The Morgan fingerprint density at radius 2 is 1.48 bits per heavy atom. The molecular formula is C18H17ClN2O4. The summed E-state index contributed by atoms with van der Waals surface area (Å²) in [5.74, 6) is 2.61. The summed E-state index contributed by atoms with van der Waals surface area (Å²) >= 11 is 6.40. The number of rotatable bonds is 5. The Labute approximate surface area is 150 Å². The van der Waals surface area contributed by atoms with E-state index in [2.05, 4.69) is 9.97 Å².